The SMILES string of the molecule is NC1CC2(CCC(=O)CC2)C1. The highest BCUT2D eigenvalue weighted by Gasteiger charge is 2.44. The maximum Gasteiger partial charge on any atom is 0.132 e. The lowest BCUT2D eigenvalue weighted by Gasteiger charge is -2.48. The van der Waals surface area contributed by atoms with E-state index < -0.39 is 0 Å². The molecule has 2 N–H and O–H groups in total. The summed E-state index contributed by atoms with van der Waals surface area (Å²) in [6.45, 7) is 0. The molecule has 11 heavy (non-hydrogen) atoms. The van der Waals surface area contributed by atoms with Gasteiger partial charge in [-0.25, -0.2) is 0 Å². The molecule has 0 heterocycles. The van der Waals surface area contributed by atoms with Gasteiger partial charge in [0.05, 0.1) is 0 Å². The van der Waals surface area contributed by atoms with E-state index in [9.17, 15) is 4.79 Å². The van der Waals surface area contributed by atoms with Gasteiger partial charge in [-0.2, -0.15) is 0 Å². The average molecular weight is 153 g/mol. The van der Waals surface area contributed by atoms with Crippen molar-refractivity contribution in [1.82, 2.24) is 0 Å². The fraction of sp³-hybridized carbons (Fsp3) is 0.889. The summed E-state index contributed by atoms with van der Waals surface area (Å²) in [5, 5.41) is 0. The van der Waals surface area contributed by atoms with Crippen molar-refractivity contribution in [3.63, 3.8) is 0 Å². The Hall–Kier alpha value is -0.370. The van der Waals surface area contributed by atoms with Crippen LogP contribution in [0.3, 0.4) is 0 Å². The average Bonchev–Trinajstić information content (AvgIpc) is 1.92. The quantitative estimate of drug-likeness (QED) is 0.569. The second-order valence-electron chi connectivity index (χ2n) is 4.21. The number of ketones is 1. The van der Waals surface area contributed by atoms with Crippen LogP contribution in [0.4, 0.5) is 0 Å². The second-order valence-corrected chi connectivity index (χ2v) is 4.21. The van der Waals surface area contributed by atoms with Crippen molar-refractivity contribution >= 4 is 5.78 Å². The molecular formula is C9H15NO. The van der Waals surface area contributed by atoms with Gasteiger partial charge in [0.1, 0.15) is 5.78 Å². The molecule has 2 aliphatic rings. The number of carbonyl (C=O) groups excluding carboxylic acids is 1. The van der Waals surface area contributed by atoms with E-state index in [2.05, 4.69) is 0 Å². The molecular weight excluding hydrogens is 138 g/mol. The zero-order chi connectivity index (χ0) is 7.90. The van der Waals surface area contributed by atoms with Gasteiger partial charge < -0.3 is 5.73 Å². The van der Waals surface area contributed by atoms with Gasteiger partial charge in [-0.3, -0.25) is 4.79 Å². The minimum absolute atomic E-state index is 0.434. The van der Waals surface area contributed by atoms with Crippen LogP contribution in [0, 0.1) is 5.41 Å². The molecule has 0 radical (unpaired) electrons. The molecule has 2 nitrogen and oxygen atoms in total. The van der Waals surface area contributed by atoms with Crippen LogP contribution in [0.25, 0.3) is 0 Å². The number of hydrogen-bond donors (Lipinski definition) is 1. The molecule has 2 fully saturated rings. The molecule has 2 saturated carbocycles. The van der Waals surface area contributed by atoms with Gasteiger partial charge in [-0.15, -0.1) is 0 Å². The van der Waals surface area contributed by atoms with Crippen LogP contribution < -0.4 is 5.73 Å². The van der Waals surface area contributed by atoms with Crippen molar-refractivity contribution in [2.45, 2.75) is 44.6 Å². The van der Waals surface area contributed by atoms with Crippen molar-refractivity contribution in [2.75, 3.05) is 0 Å². The molecule has 62 valence electrons. The molecule has 0 aromatic carbocycles. The third-order valence-corrected chi connectivity index (χ3v) is 3.26. The maximum atomic E-state index is 10.9. The fourth-order valence-electron chi connectivity index (χ4n) is 2.52. The molecule has 0 aromatic heterocycles. The topological polar surface area (TPSA) is 43.1 Å². The van der Waals surface area contributed by atoms with Gasteiger partial charge in [-0.05, 0) is 31.1 Å². The van der Waals surface area contributed by atoms with Crippen molar-refractivity contribution in [2.24, 2.45) is 11.1 Å². The smallest absolute Gasteiger partial charge is 0.132 e. The van der Waals surface area contributed by atoms with E-state index in [0.717, 1.165) is 25.7 Å². The lowest BCUT2D eigenvalue weighted by atomic mass is 9.58. The highest BCUT2D eigenvalue weighted by Crippen LogP contribution is 2.50. The van der Waals surface area contributed by atoms with Gasteiger partial charge in [0.25, 0.3) is 0 Å². The van der Waals surface area contributed by atoms with E-state index in [1.807, 2.05) is 0 Å². The Kier molecular flexibility index (Phi) is 1.53. The first-order valence-electron chi connectivity index (χ1n) is 4.48. The zero-order valence-corrected chi connectivity index (χ0v) is 6.81. The lowest BCUT2D eigenvalue weighted by Crippen LogP contribution is -2.47. The summed E-state index contributed by atoms with van der Waals surface area (Å²) in [5.41, 5.74) is 6.24. The molecule has 0 aromatic rings. The van der Waals surface area contributed by atoms with Crippen LogP contribution in [0.5, 0.6) is 0 Å². The third kappa shape index (κ3) is 1.20. The van der Waals surface area contributed by atoms with Gasteiger partial charge >= 0.3 is 0 Å². The van der Waals surface area contributed by atoms with Crippen LogP contribution in [0.2, 0.25) is 0 Å². The summed E-state index contributed by atoms with van der Waals surface area (Å²) >= 11 is 0. The summed E-state index contributed by atoms with van der Waals surface area (Å²) in [4.78, 5) is 10.9. The van der Waals surface area contributed by atoms with E-state index >= 15 is 0 Å². The molecule has 2 heteroatoms. The van der Waals surface area contributed by atoms with E-state index in [4.69, 9.17) is 5.73 Å². The number of nitrogens with two attached hydrogens (primary N) is 1. The molecule has 2 aliphatic carbocycles. The molecule has 0 atom stereocenters. The Labute approximate surface area is 67.1 Å². The minimum atomic E-state index is 0.434. The first-order valence-corrected chi connectivity index (χ1v) is 4.48. The Morgan fingerprint density at radius 1 is 1.27 bits per heavy atom. The summed E-state index contributed by atoms with van der Waals surface area (Å²) in [6.07, 6.45) is 6.18. The van der Waals surface area contributed by atoms with Crippen molar-refractivity contribution in [1.29, 1.82) is 0 Å². The maximum absolute atomic E-state index is 10.9. The van der Waals surface area contributed by atoms with E-state index in [1.165, 1.54) is 12.8 Å². The molecule has 0 aliphatic heterocycles. The Bertz CT molecular complexity index is 170. The number of carbonyl (C=O) groups is 1. The van der Waals surface area contributed by atoms with E-state index in [1.54, 1.807) is 0 Å². The predicted molar refractivity (Wildman–Crippen MR) is 43.1 cm³/mol. The Morgan fingerprint density at radius 2 is 1.82 bits per heavy atom. The van der Waals surface area contributed by atoms with Crippen LogP contribution >= 0.6 is 0 Å². The standard InChI is InChI=1S/C9H15NO/c10-7-5-9(6-7)3-1-8(11)2-4-9/h7H,1-6,10H2. The van der Waals surface area contributed by atoms with E-state index in [-0.39, 0.29) is 0 Å². The summed E-state index contributed by atoms with van der Waals surface area (Å²) in [5.74, 6) is 0.455. The fourth-order valence-corrected chi connectivity index (χ4v) is 2.52. The van der Waals surface area contributed by atoms with Gasteiger partial charge in [0.15, 0.2) is 0 Å². The predicted octanol–water partition coefficient (Wildman–Crippen LogP) is 1.24. The lowest BCUT2D eigenvalue weighted by molar-refractivity contribution is -0.124. The summed E-state index contributed by atoms with van der Waals surface area (Å²) < 4.78 is 0. The van der Waals surface area contributed by atoms with Gasteiger partial charge in [0.2, 0.25) is 0 Å². The van der Waals surface area contributed by atoms with Crippen molar-refractivity contribution in [3.8, 4) is 0 Å². The number of hydrogen-bond acceptors (Lipinski definition) is 2. The Morgan fingerprint density at radius 3 is 2.27 bits per heavy atom. The summed E-state index contributed by atoms with van der Waals surface area (Å²) in [7, 11) is 0. The normalized spacial score (nSPS) is 30.5. The van der Waals surface area contributed by atoms with Gasteiger partial charge in [0, 0.05) is 18.9 Å². The molecule has 0 saturated heterocycles. The van der Waals surface area contributed by atoms with Crippen molar-refractivity contribution < 1.29 is 4.79 Å². The van der Waals surface area contributed by atoms with Crippen LogP contribution in [0.1, 0.15) is 38.5 Å². The van der Waals surface area contributed by atoms with Crippen LogP contribution in [-0.2, 0) is 4.79 Å². The first kappa shape index (κ1) is 7.29. The first-order chi connectivity index (χ1) is 5.20. The highest BCUT2D eigenvalue weighted by molar-refractivity contribution is 5.79. The van der Waals surface area contributed by atoms with Crippen LogP contribution in [-0.4, -0.2) is 11.8 Å². The molecule has 0 unspecified atom stereocenters. The summed E-state index contributed by atoms with van der Waals surface area (Å²) in [6, 6.07) is 0.434. The molecule has 0 amide bonds. The monoisotopic (exact) mass is 153 g/mol. The number of Topliss-reactive ketones (excluding diaryl/α,β-unsaturated/α-hetero) is 1. The second kappa shape index (κ2) is 2.31. The van der Waals surface area contributed by atoms with Gasteiger partial charge in [-0.1, -0.05) is 0 Å². The molecule has 1 spiro atoms. The highest BCUT2D eigenvalue weighted by atomic mass is 16.1. The van der Waals surface area contributed by atoms with E-state index in [0.29, 0.717) is 17.2 Å². The van der Waals surface area contributed by atoms with Crippen molar-refractivity contribution in [3.05, 3.63) is 0 Å². The molecule has 0 bridgehead atoms. The Balaban J connectivity index is 1.93. The van der Waals surface area contributed by atoms with Crippen LogP contribution in [0.15, 0.2) is 0 Å². The molecule has 2 rings (SSSR count). The third-order valence-electron chi connectivity index (χ3n) is 3.26. The number of rotatable bonds is 0. The minimum Gasteiger partial charge on any atom is -0.328 e. The largest absolute Gasteiger partial charge is 0.328 e. The zero-order valence-electron chi connectivity index (χ0n) is 6.81.